The predicted molar refractivity (Wildman–Crippen MR) is 143 cm³/mol. The van der Waals surface area contributed by atoms with Crippen LogP contribution in [-0.2, 0) is 19.6 Å². The van der Waals surface area contributed by atoms with Crippen molar-refractivity contribution in [2.75, 3.05) is 26.5 Å². The maximum absolute atomic E-state index is 13.1. The van der Waals surface area contributed by atoms with E-state index in [4.69, 9.17) is 21.4 Å². The van der Waals surface area contributed by atoms with Crippen molar-refractivity contribution < 1.29 is 22.4 Å². The zero-order chi connectivity index (χ0) is 26.7. The van der Waals surface area contributed by atoms with Crippen molar-refractivity contribution in [2.45, 2.75) is 37.0 Å². The minimum Gasteiger partial charge on any atom is -0.448 e. The molecule has 3 aromatic rings. The molecular formula is C26H24ClN5O5S. The number of nitrogens with one attached hydrogen (secondary N) is 3. The molecule has 0 bridgehead atoms. The summed E-state index contributed by atoms with van der Waals surface area (Å²) in [4.78, 5) is 28.6. The fourth-order valence-corrected chi connectivity index (χ4v) is 6.88. The van der Waals surface area contributed by atoms with Crippen LogP contribution in [0.25, 0.3) is 0 Å². The third kappa shape index (κ3) is 3.93. The second kappa shape index (κ2) is 8.88. The van der Waals surface area contributed by atoms with Gasteiger partial charge in [0.25, 0.3) is 10.0 Å². The number of sulfonamides is 1. The summed E-state index contributed by atoms with van der Waals surface area (Å²) in [6.07, 6.45) is 4.86. The maximum Gasteiger partial charge on any atom is 0.261 e. The minimum atomic E-state index is -4.01. The summed E-state index contributed by atoms with van der Waals surface area (Å²) in [5.41, 5.74) is 1.21. The molecule has 1 aliphatic carbocycles. The molecule has 10 nitrogen and oxygen atoms in total. The normalized spacial score (nSPS) is 18.7. The molecule has 6 rings (SSSR count). The van der Waals surface area contributed by atoms with E-state index in [2.05, 4.69) is 10.0 Å². The van der Waals surface area contributed by atoms with E-state index in [1.807, 2.05) is 0 Å². The van der Waals surface area contributed by atoms with Gasteiger partial charge in [-0.05, 0) is 61.4 Å². The van der Waals surface area contributed by atoms with Crippen molar-refractivity contribution in [3.63, 3.8) is 0 Å². The van der Waals surface area contributed by atoms with Gasteiger partial charge < -0.3 is 14.6 Å². The summed E-state index contributed by atoms with van der Waals surface area (Å²) < 4.78 is 34.0. The number of anilines is 4. The molecule has 1 aromatic heterocycles. The average Bonchev–Trinajstić information content (AvgIpc) is 3.61. The predicted octanol–water partition coefficient (Wildman–Crippen LogP) is 4.77. The lowest BCUT2D eigenvalue weighted by atomic mass is 9.84. The molecule has 1 saturated carbocycles. The summed E-state index contributed by atoms with van der Waals surface area (Å²) in [6, 6.07) is 12.3. The van der Waals surface area contributed by atoms with E-state index in [9.17, 15) is 18.0 Å². The van der Waals surface area contributed by atoms with E-state index >= 15 is 0 Å². The molecule has 1 saturated heterocycles. The Labute approximate surface area is 224 Å². The third-order valence-electron chi connectivity index (χ3n) is 7.45. The summed E-state index contributed by atoms with van der Waals surface area (Å²) >= 11 is 6.42. The highest BCUT2D eigenvalue weighted by molar-refractivity contribution is 7.92. The first kappa shape index (κ1) is 24.5. The zero-order valence-electron chi connectivity index (χ0n) is 20.2. The molecule has 3 N–H and O–H groups in total. The van der Waals surface area contributed by atoms with Gasteiger partial charge in [-0.25, -0.2) is 13.3 Å². The van der Waals surface area contributed by atoms with E-state index in [1.54, 1.807) is 35.2 Å². The van der Waals surface area contributed by atoms with Gasteiger partial charge in [0.05, 0.1) is 39.5 Å². The van der Waals surface area contributed by atoms with Gasteiger partial charge in [-0.2, -0.15) is 0 Å². The lowest BCUT2D eigenvalue weighted by Crippen LogP contribution is -2.39. The van der Waals surface area contributed by atoms with Gasteiger partial charge in [0.15, 0.2) is 0 Å². The zero-order valence-corrected chi connectivity index (χ0v) is 21.7. The summed E-state index contributed by atoms with van der Waals surface area (Å²) in [7, 11) is -4.01. The Hall–Kier alpha value is -3.83. The number of nitrogens with zero attached hydrogens (tertiary/aromatic N) is 2. The molecule has 0 radical (unpaired) electrons. The molecular weight excluding hydrogens is 530 g/mol. The van der Waals surface area contributed by atoms with E-state index in [-0.39, 0.29) is 39.7 Å². The van der Waals surface area contributed by atoms with Gasteiger partial charge in [0.2, 0.25) is 17.7 Å². The Balaban J connectivity index is 1.19. The number of amidine groups is 1. The monoisotopic (exact) mass is 553 g/mol. The van der Waals surface area contributed by atoms with Gasteiger partial charge >= 0.3 is 0 Å². The first-order valence-electron chi connectivity index (χ1n) is 12.2. The molecule has 0 atom stereocenters. The number of carbonyl (C=O) groups excluding carboxylic acids is 2. The molecule has 38 heavy (non-hydrogen) atoms. The summed E-state index contributed by atoms with van der Waals surface area (Å²) in [6.45, 7) is 0.332. The number of amides is 2. The van der Waals surface area contributed by atoms with Crippen molar-refractivity contribution in [2.24, 2.45) is 5.41 Å². The second-order valence-corrected chi connectivity index (χ2v) is 11.8. The molecule has 3 aliphatic rings. The van der Waals surface area contributed by atoms with E-state index in [1.165, 1.54) is 24.5 Å². The third-order valence-corrected chi connectivity index (χ3v) is 9.13. The number of rotatable bonds is 5. The number of imide groups is 1. The Morgan fingerprint density at radius 2 is 1.79 bits per heavy atom. The van der Waals surface area contributed by atoms with Crippen molar-refractivity contribution in [3.8, 4) is 0 Å². The fraction of sp³-hybridized carbons (Fsp3) is 0.269. The molecule has 1 spiro atoms. The molecule has 0 unspecified atom stereocenters. The molecule has 12 heteroatoms. The van der Waals surface area contributed by atoms with Crippen LogP contribution >= 0.6 is 11.6 Å². The number of benzene rings is 2. The number of carbonyl (C=O) groups is 2. The number of furan rings is 1. The van der Waals surface area contributed by atoms with Gasteiger partial charge in [0, 0.05) is 17.8 Å². The highest BCUT2D eigenvalue weighted by atomic mass is 35.5. The first-order chi connectivity index (χ1) is 18.2. The smallest absolute Gasteiger partial charge is 0.261 e. The maximum atomic E-state index is 13.1. The van der Waals surface area contributed by atoms with Crippen LogP contribution in [-0.4, -0.2) is 32.7 Å². The summed E-state index contributed by atoms with van der Waals surface area (Å²) in [5.74, 6) is 0.242. The summed E-state index contributed by atoms with van der Waals surface area (Å²) in [5, 5.41) is 11.5. The van der Waals surface area contributed by atoms with Crippen LogP contribution < -0.4 is 19.8 Å². The largest absolute Gasteiger partial charge is 0.448 e. The highest BCUT2D eigenvalue weighted by Crippen LogP contribution is 2.49. The van der Waals surface area contributed by atoms with Crippen LogP contribution in [0.4, 0.5) is 22.9 Å². The van der Waals surface area contributed by atoms with Crippen LogP contribution in [0.3, 0.4) is 0 Å². The molecule has 3 heterocycles. The molecule has 2 fully saturated rings. The Morgan fingerprint density at radius 1 is 1.05 bits per heavy atom. The van der Waals surface area contributed by atoms with Crippen LogP contribution in [0.1, 0.15) is 37.7 Å². The van der Waals surface area contributed by atoms with E-state index in [0.717, 1.165) is 17.7 Å². The number of halogens is 1. The standard InChI is InChI=1S/C26H24ClN5O5S/c27-20-13-18(7-8-21(20)32-22(33)14-26(25(32)34)10-1-2-11-26)38(35,36)30-16-3-5-17(6-4-16)31-15-29-24-19(23(31)28)9-12-37-24/h3-9,12-13,28-30H,1-2,10-11,14-15H2. The Morgan fingerprint density at radius 3 is 2.50 bits per heavy atom. The lowest BCUT2D eigenvalue weighted by molar-refractivity contribution is -0.125. The van der Waals surface area contributed by atoms with E-state index < -0.39 is 15.4 Å². The van der Waals surface area contributed by atoms with Crippen molar-refractivity contribution in [1.82, 2.24) is 0 Å². The second-order valence-electron chi connectivity index (χ2n) is 9.74. The fourth-order valence-electron chi connectivity index (χ4n) is 5.47. The van der Waals surface area contributed by atoms with Crippen molar-refractivity contribution in [1.29, 1.82) is 5.41 Å². The van der Waals surface area contributed by atoms with Crippen LogP contribution in [0.5, 0.6) is 0 Å². The van der Waals surface area contributed by atoms with Gasteiger partial charge in [-0.15, -0.1) is 0 Å². The van der Waals surface area contributed by atoms with Crippen molar-refractivity contribution in [3.05, 3.63) is 65.4 Å². The molecule has 2 aliphatic heterocycles. The molecule has 196 valence electrons. The van der Waals surface area contributed by atoms with Crippen LogP contribution in [0.15, 0.2) is 64.1 Å². The van der Waals surface area contributed by atoms with Crippen LogP contribution in [0, 0.1) is 10.8 Å². The molecule has 2 aromatic carbocycles. The first-order valence-corrected chi connectivity index (χ1v) is 14.0. The average molecular weight is 554 g/mol. The topological polar surface area (TPSA) is 136 Å². The quantitative estimate of drug-likeness (QED) is 0.387. The van der Waals surface area contributed by atoms with Crippen molar-refractivity contribution >= 4 is 62.2 Å². The van der Waals surface area contributed by atoms with E-state index in [0.29, 0.717) is 42.3 Å². The van der Waals surface area contributed by atoms with Gasteiger partial charge in [0.1, 0.15) is 5.84 Å². The van der Waals surface area contributed by atoms with Crippen LogP contribution in [0.2, 0.25) is 5.02 Å². The SMILES string of the molecule is N=C1c2ccoc2NCN1c1ccc(NS(=O)(=O)c2ccc(N3C(=O)CC4(CCCC4)C3=O)c(Cl)c2)cc1. The number of hydrogen-bond donors (Lipinski definition) is 3. The number of hydrogen-bond acceptors (Lipinski definition) is 7. The molecule has 2 amide bonds. The number of fused-ring (bicyclic) bond motifs is 1. The van der Waals surface area contributed by atoms with Gasteiger partial charge in [-0.3, -0.25) is 19.7 Å². The van der Waals surface area contributed by atoms with Gasteiger partial charge in [-0.1, -0.05) is 24.4 Å². The Kier molecular flexibility index (Phi) is 5.73. The minimum absolute atomic E-state index is 0.00898. The highest BCUT2D eigenvalue weighted by Gasteiger charge is 2.53. The lowest BCUT2D eigenvalue weighted by Gasteiger charge is -2.29. The Bertz CT molecular complexity index is 1580.